The van der Waals surface area contributed by atoms with Gasteiger partial charge in [-0.05, 0) is 94.4 Å². The van der Waals surface area contributed by atoms with Crippen LogP contribution in [0.5, 0.6) is 0 Å². The maximum Gasteiger partial charge on any atom is 0.251 e. The molecule has 0 saturated heterocycles. The third-order valence-corrected chi connectivity index (χ3v) is 10.8. The highest BCUT2D eigenvalue weighted by Crippen LogP contribution is 2.14. The van der Waals surface area contributed by atoms with E-state index in [9.17, 15) is 28.8 Å². The number of hydrogen-bond acceptors (Lipinski definition) is 10. The highest BCUT2D eigenvalue weighted by Gasteiger charge is 2.25. The van der Waals surface area contributed by atoms with Gasteiger partial charge in [-0.2, -0.15) is 0 Å². The summed E-state index contributed by atoms with van der Waals surface area (Å²) in [6.07, 6.45) is 15.4. The molecule has 0 aliphatic rings. The summed E-state index contributed by atoms with van der Waals surface area (Å²) in [5.74, 6) is -2.35. The minimum Gasteiger partial charge on any atom is -0.385 e. The highest BCUT2D eigenvalue weighted by atomic mass is 16.5. The van der Waals surface area contributed by atoms with Gasteiger partial charge >= 0.3 is 0 Å². The lowest BCUT2D eigenvalue weighted by atomic mass is 10.0. The number of benzene rings is 1. The van der Waals surface area contributed by atoms with Crippen molar-refractivity contribution in [3.8, 4) is 0 Å². The topological polar surface area (TPSA) is 212 Å². The van der Waals surface area contributed by atoms with Gasteiger partial charge in [-0.15, -0.1) is 0 Å². The Kier molecular flexibility index (Phi) is 35.5. The van der Waals surface area contributed by atoms with E-state index in [-0.39, 0.29) is 48.6 Å². The Labute approximate surface area is 383 Å². The van der Waals surface area contributed by atoms with Crippen molar-refractivity contribution in [3.05, 3.63) is 34.9 Å². The van der Waals surface area contributed by atoms with E-state index in [0.717, 1.165) is 103 Å². The Balaban J connectivity index is 3.10. The fraction of sp³-hybridized carbons (Fsp3) is 0.750. The van der Waals surface area contributed by atoms with Crippen molar-refractivity contribution >= 4 is 35.4 Å². The molecular formula is C48H84N6O10. The summed E-state index contributed by atoms with van der Waals surface area (Å²) in [6, 6.07) is 2.77. The number of carbonyl (C=O) groups excluding carboxylic acids is 6. The van der Waals surface area contributed by atoms with Gasteiger partial charge in [-0.25, -0.2) is 0 Å². The summed E-state index contributed by atoms with van der Waals surface area (Å²) in [5.41, 5.74) is 1.02. The van der Waals surface area contributed by atoms with Crippen molar-refractivity contribution in [2.45, 2.75) is 154 Å². The Hall–Kier alpha value is -4.12. The lowest BCUT2D eigenvalue weighted by Gasteiger charge is -2.20. The molecule has 0 radical (unpaired) electrons. The fourth-order valence-electron chi connectivity index (χ4n) is 6.93. The summed E-state index contributed by atoms with van der Waals surface area (Å²) < 4.78 is 20.4. The smallest absolute Gasteiger partial charge is 0.251 e. The third-order valence-electron chi connectivity index (χ3n) is 10.8. The second-order valence-corrected chi connectivity index (χ2v) is 16.3. The first-order valence-electron chi connectivity index (χ1n) is 23.9. The summed E-state index contributed by atoms with van der Waals surface area (Å²) in [6.45, 7) is 6.56. The van der Waals surface area contributed by atoms with Crippen LogP contribution in [0.4, 0.5) is 0 Å². The molecule has 64 heavy (non-hydrogen) atoms. The molecule has 0 heterocycles. The van der Waals surface area contributed by atoms with Gasteiger partial charge in [-0.1, -0.05) is 58.3 Å². The monoisotopic (exact) mass is 905 g/mol. The van der Waals surface area contributed by atoms with Gasteiger partial charge < -0.3 is 50.8 Å². The first-order valence-corrected chi connectivity index (χ1v) is 23.9. The summed E-state index contributed by atoms with van der Waals surface area (Å²) in [7, 11) is 6.69. The maximum absolute atomic E-state index is 13.9. The number of amides is 6. The Morgan fingerprint density at radius 2 is 0.750 bits per heavy atom. The number of hydrogen-bond donors (Lipinski definition) is 6. The summed E-state index contributed by atoms with van der Waals surface area (Å²) in [5, 5.41) is 17.3. The zero-order valence-corrected chi connectivity index (χ0v) is 40.0. The molecular weight excluding hydrogens is 821 g/mol. The summed E-state index contributed by atoms with van der Waals surface area (Å²) >= 11 is 0. The van der Waals surface area contributed by atoms with Crippen molar-refractivity contribution in [3.63, 3.8) is 0 Å². The van der Waals surface area contributed by atoms with E-state index >= 15 is 0 Å². The summed E-state index contributed by atoms with van der Waals surface area (Å²) in [4.78, 5) is 80.4. The molecule has 1 aromatic carbocycles. The van der Waals surface area contributed by atoms with Crippen molar-refractivity contribution in [1.82, 2.24) is 31.9 Å². The highest BCUT2D eigenvalue weighted by molar-refractivity contribution is 6.02. The second-order valence-electron chi connectivity index (χ2n) is 16.3. The third kappa shape index (κ3) is 29.3. The normalized spacial score (nSPS) is 12.0. The molecule has 6 N–H and O–H groups in total. The molecule has 0 bridgehead atoms. The number of carbonyl (C=O) groups is 6. The molecule has 0 saturated carbocycles. The van der Waals surface area contributed by atoms with E-state index in [4.69, 9.17) is 18.9 Å². The molecule has 2 unspecified atom stereocenters. The zero-order chi connectivity index (χ0) is 47.0. The molecule has 0 spiro atoms. The minimum atomic E-state index is -1.00. The van der Waals surface area contributed by atoms with Crippen molar-refractivity contribution in [1.29, 1.82) is 0 Å². The van der Waals surface area contributed by atoms with Crippen LogP contribution in [0.25, 0.3) is 0 Å². The maximum atomic E-state index is 13.9. The van der Waals surface area contributed by atoms with E-state index in [0.29, 0.717) is 64.6 Å². The Bertz CT molecular complexity index is 1350. The first-order chi connectivity index (χ1) is 31.1. The second kappa shape index (κ2) is 39.3. The Morgan fingerprint density at radius 1 is 0.438 bits per heavy atom. The van der Waals surface area contributed by atoms with Crippen LogP contribution in [0.1, 0.15) is 162 Å². The number of ether oxygens (including phenoxy) is 4. The molecule has 0 aromatic heterocycles. The predicted molar refractivity (Wildman–Crippen MR) is 250 cm³/mol. The molecule has 6 amide bonds. The van der Waals surface area contributed by atoms with Crippen molar-refractivity contribution < 1.29 is 47.7 Å². The van der Waals surface area contributed by atoms with Crippen molar-refractivity contribution in [2.24, 2.45) is 0 Å². The molecule has 0 aliphatic carbocycles. The van der Waals surface area contributed by atoms with E-state index in [1.54, 1.807) is 40.6 Å². The van der Waals surface area contributed by atoms with Gasteiger partial charge in [-0.3, -0.25) is 28.8 Å². The molecule has 1 aromatic rings. The lowest BCUT2D eigenvalue weighted by molar-refractivity contribution is -0.125. The average molecular weight is 905 g/mol. The average Bonchev–Trinajstić information content (AvgIpc) is 3.29. The van der Waals surface area contributed by atoms with Crippen LogP contribution in [-0.4, -0.2) is 129 Å². The standard InChI is InChI=1S/C48H84N6O10/c1-6-38-35-39(45(57)53-41(47(59)51-29-17-9-13-21-33-63-4)23-25-43(55)49-27-15-7-11-19-31-61-2)37-40(36-38)46(58)54-42(48(60)52-30-18-10-14-22-34-64-5)24-26-44(56)50-28-16-8-12-20-32-62-3/h35-37,41-42H,6-34H2,1-5H3,(H,49,55)(H,50,56)(H,51,59)(H,52,60)(H,53,57)(H,54,58). The largest absolute Gasteiger partial charge is 0.385 e. The number of rotatable bonds is 41. The molecule has 0 fully saturated rings. The van der Waals surface area contributed by atoms with E-state index < -0.39 is 35.7 Å². The SMILES string of the molecule is CCc1cc(C(=O)NC(CCC(=O)NCCCCCCOC)C(=O)NCCCCCCOC)cc(C(=O)NC(CCC(=O)NCCCCCCOC)C(=O)NCCCCCCOC)c1. The van der Waals surface area contributed by atoms with Gasteiger partial charge in [0.15, 0.2) is 0 Å². The van der Waals surface area contributed by atoms with Crippen LogP contribution in [0.3, 0.4) is 0 Å². The van der Waals surface area contributed by atoms with Crippen LogP contribution < -0.4 is 31.9 Å². The van der Waals surface area contributed by atoms with Crippen LogP contribution in [0.2, 0.25) is 0 Å². The van der Waals surface area contributed by atoms with Gasteiger partial charge in [0.05, 0.1) is 0 Å². The number of aryl methyl sites for hydroxylation is 1. The number of unbranched alkanes of at least 4 members (excludes halogenated alkanes) is 12. The van der Waals surface area contributed by atoms with Crippen LogP contribution in [0.15, 0.2) is 18.2 Å². The van der Waals surface area contributed by atoms with E-state index in [1.807, 2.05) is 6.92 Å². The number of methoxy groups -OCH3 is 4. The molecule has 1 rings (SSSR count). The molecule has 16 heteroatoms. The van der Waals surface area contributed by atoms with Gasteiger partial charge in [0.25, 0.3) is 11.8 Å². The molecule has 0 aliphatic heterocycles. The van der Waals surface area contributed by atoms with Gasteiger partial charge in [0, 0.05) is 105 Å². The zero-order valence-electron chi connectivity index (χ0n) is 40.0. The molecule has 2 atom stereocenters. The van der Waals surface area contributed by atoms with Crippen LogP contribution >= 0.6 is 0 Å². The first kappa shape index (κ1) is 57.9. The van der Waals surface area contributed by atoms with E-state index in [2.05, 4.69) is 31.9 Å². The Morgan fingerprint density at radius 3 is 1.06 bits per heavy atom. The fourth-order valence-corrected chi connectivity index (χ4v) is 6.93. The number of nitrogens with one attached hydrogen (secondary N) is 6. The van der Waals surface area contributed by atoms with Crippen LogP contribution in [0, 0.1) is 0 Å². The lowest BCUT2D eigenvalue weighted by Crippen LogP contribution is -2.48. The quantitative estimate of drug-likeness (QED) is 0.0467. The van der Waals surface area contributed by atoms with E-state index in [1.165, 1.54) is 6.07 Å². The van der Waals surface area contributed by atoms with Crippen molar-refractivity contribution in [2.75, 3.05) is 81.0 Å². The van der Waals surface area contributed by atoms with Gasteiger partial charge in [0.2, 0.25) is 23.6 Å². The van der Waals surface area contributed by atoms with Crippen LogP contribution in [-0.2, 0) is 44.5 Å². The minimum absolute atomic E-state index is 0.0336. The molecule has 366 valence electrons. The van der Waals surface area contributed by atoms with Gasteiger partial charge in [0.1, 0.15) is 12.1 Å². The molecule has 16 nitrogen and oxygen atoms in total. The predicted octanol–water partition coefficient (Wildman–Crippen LogP) is 5.30.